The minimum absolute atomic E-state index is 0.0364. The molecule has 0 radical (unpaired) electrons. The Kier molecular flexibility index (Phi) is 7.34. The molecule has 0 N–H and O–H groups in total. The van der Waals surface area contributed by atoms with Crippen LogP contribution in [0.3, 0.4) is 0 Å². The van der Waals surface area contributed by atoms with Crippen LogP contribution in [0.15, 0.2) is 83.8 Å². The summed E-state index contributed by atoms with van der Waals surface area (Å²) in [7, 11) is -2.57. The molecule has 176 valence electrons. The fourth-order valence-corrected chi connectivity index (χ4v) is 5.85. The van der Waals surface area contributed by atoms with Gasteiger partial charge in [-0.05, 0) is 83.1 Å². The SMILES string of the molecule is COc1ccc(S(=O)(=O)N(CCc2ccccc2)C2CC(=O)N(c3ccc(I)cc3)C2=O)cc1. The number of nitrogens with zero attached hydrogens (tertiary/aromatic N) is 2. The van der Waals surface area contributed by atoms with Crippen LogP contribution in [-0.2, 0) is 26.0 Å². The van der Waals surface area contributed by atoms with Crippen molar-refractivity contribution in [3.05, 3.63) is 88.0 Å². The van der Waals surface area contributed by atoms with Gasteiger partial charge in [0.15, 0.2) is 0 Å². The first-order chi connectivity index (χ1) is 16.3. The Hall–Kier alpha value is -2.76. The lowest BCUT2D eigenvalue weighted by Gasteiger charge is -2.27. The second-order valence-corrected chi connectivity index (χ2v) is 10.9. The molecule has 0 spiro atoms. The van der Waals surface area contributed by atoms with Crippen molar-refractivity contribution in [3.63, 3.8) is 0 Å². The molecule has 3 aromatic carbocycles. The number of hydrogen-bond acceptors (Lipinski definition) is 5. The van der Waals surface area contributed by atoms with E-state index in [-0.39, 0.29) is 17.9 Å². The molecule has 1 fully saturated rings. The van der Waals surface area contributed by atoms with Crippen LogP contribution in [0.5, 0.6) is 5.75 Å². The monoisotopic (exact) mass is 590 g/mol. The molecule has 34 heavy (non-hydrogen) atoms. The van der Waals surface area contributed by atoms with E-state index in [4.69, 9.17) is 4.74 Å². The third kappa shape index (κ3) is 5.01. The van der Waals surface area contributed by atoms with E-state index < -0.39 is 27.9 Å². The number of rotatable bonds is 8. The molecular weight excluding hydrogens is 567 g/mol. The standard InChI is InChI=1S/C25H23IN2O5S/c1-33-21-11-13-22(14-12-21)34(31,32)27(16-15-18-5-3-2-4-6-18)23-17-24(29)28(25(23)30)20-9-7-19(26)8-10-20/h2-14,23H,15-17H2,1H3. The first-order valence-electron chi connectivity index (χ1n) is 10.6. The minimum Gasteiger partial charge on any atom is -0.497 e. The number of halogens is 1. The Bertz CT molecular complexity index is 1280. The molecule has 1 aliphatic rings. The van der Waals surface area contributed by atoms with Gasteiger partial charge in [0.25, 0.3) is 5.91 Å². The summed E-state index contributed by atoms with van der Waals surface area (Å²) < 4.78 is 34.6. The molecule has 1 saturated heterocycles. The third-order valence-electron chi connectivity index (χ3n) is 5.68. The van der Waals surface area contributed by atoms with Crippen molar-refractivity contribution in [2.24, 2.45) is 0 Å². The van der Waals surface area contributed by atoms with Crippen molar-refractivity contribution in [3.8, 4) is 5.75 Å². The van der Waals surface area contributed by atoms with Crippen molar-refractivity contribution in [1.29, 1.82) is 0 Å². The number of methoxy groups -OCH3 is 1. The number of carbonyl (C=O) groups excluding carboxylic acids is 2. The predicted octanol–water partition coefficient (Wildman–Crippen LogP) is 3.87. The number of anilines is 1. The molecular formula is C25H23IN2O5S. The van der Waals surface area contributed by atoms with Gasteiger partial charge in [-0.3, -0.25) is 9.59 Å². The zero-order valence-electron chi connectivity index (χ0n) is 18.4. The van der Waals surface area contributed by atoms with Gasteiger partial charge < -0.3 is 4.74 Å². The highest BCUT2D eigenvalue weighted by Crippen LogP contribution is 2.30. The van der Waals surface area contributed by atoms with Crippen molar-refractivity contribution >= 4 is 50.1 Å². The fourth-order valence-electron chi connectivity index (χ4n) is 3.91. The molecule has 1 unspecified atom stereocenters. The first-order valence-corrected chi connectivity index (χ1v) is 13.2. The fraction of sp³-hybridized carbons (Fsp3) is 0.200. The van der Waals surface area contributed by atoms with Crippen LogP contribution in [0.4, 0.5) is 5.69 Å². The molecule has 0 saturated carbocycles. The number of sulfonamides is 1. The van der Waals surface area contributed by atoms with E-state index in [1.165, 1.54) is 19.2 Å². The Morgan fingerprint density at radius 3 is 2.24 bits per heavy atom. The van der Waals surface area contributed by atoms with Crippen LogP contribution in [0.25, 0.3) is 0 Å². The van der Waals surface area contributed by atoms with Gasteiger partial charge in [-0.25, -0.2) is 13.3 Å². The number of imide groups is 1. The Morgan fingerprint density at radius 2 is 1.62 bits per heavy atom. The third-order valence-corrected chi connectivity index (χ3v) is 8.33. The largest absolute Gasteiger partial charge is 0.497 e. The van der Waals surface area contributed by atoms with Gasteiger partial charge in [0.2, 0.25) is 15.9 Å². The van der Waals surface area contributed by atoms with E-state index in [2.05, 4.69) is 22.6 Å². The van der Waals surface area contributed by atoms with Crippen LogP contribution >= 0.6 is 22.6 Å². The molecule has 0 bridgehead atoms. The van der Waals surface area contributed by atoms with Gasteiger partial charge >= 0.3 is 0 Å². The molecule has 0 aromatic heterocycles. The number of carbonyl (C=O) groups is 2. The van der Waals surface area contributed by atoms with E-state index in [1.807, 2.05) is 30.3 Å². The van der Waals surface area contributed by atoms with E-state index in [1.54, 1.807) is 36.4 Å². The summed E-state index contributed by atoms with van der Waals surface area (Å²) in [6, 6.07) is 21.3. The average molecular weight is 590 g/mol. The van der Waals surface area contributed by atoms with Crippen molar-refractivity contribution < 1.29 is 22.7 Å². The topological polar surface area (TPSA) is 84.0 Å². The molecule has 9 heteroatoms. The van der Waals surface area contributed by atoms with E-state index in [0.29, 0.717) is 17.9 Å². The summed E-state index contributed by atoms with van der Waals surface area (Å²) >= 11 is 2.14. The van der Waals surface area contributed by atoms with Crippen LogP contribution in [0, 0.1) is 3.57 Å². The predicted molar refractivity (Wildman–Crippen MR) is 137 cm³/mol. The van der Waals surface area contributed by atoms with E-state index in [0.717, 1.165) is 18.3 Å². The zero-order chi connectivity index (χ0) is 24.3. The highest BCUT2D eigenvalue weighted by Gasteiger charge is 2.46. The summed E-state index contributed by atoms with van der Waals surface area (Å²) in [6.45, 7) is 0.0581. The number of benzene rings is 3. The lowest BCUT2D eigenvalue weighted by atomic mass is 10.1. The summed E-state index contributed by atoms with van der Waals surface area (Å²) in [6.07, 6.45) is 0.187. The second kappa shape index (κ2) is 10.2. The highest BCUT2D eigenvalue weighted by molar-refractivity contribution is 14.1. The molecule has 2 amide bonds. The Morgan fingerprint density at radius 1 is 0.971 bits per heavy atom. The van der Waals surface area contributed by atoms with Crippen molar-refractivity contribution in [2.75, 3.05) is 18.6 Å². The summed E-state index contributed by atoms with van der Waals surface area (Å²) in [5.41, 5.74) is 1.37. The van der Waals surface area contributed by atoms with Gasteiger partial charge in [0, 0.05) is 10.1 Å². The van der Waals surface area contributed by atoms with Crippen molar-refractivity contribution in [2.45, 2.75) is 23.8 Å². The molecule has 3 aromatic rings. The molecule has 1 atom stereocenters. The normalized spacial score (nSPS) is 16.3. The quantitative estimate of drug-likeness (QED) is 0.294. The van der Waals surface area contributed by atoms with Crippen LogP contribution < -0.4 is 9.64 Å². The maximum Gasteiger partial charge on any atom is 0.252 e. The number of amides is 2. The maximum atomic E-state index is 13.7. The van der Waals surface area contributed by atoms with Gasteiger partial charge in [0.05, 0.1) is 24.1 Å². The second-order valence-electron chi connectivity index (χ2n) is 7.79. The highest BCUT2D eigenvalue weighted by atomic mass is 127. The van der Waals surface area contributed by atoms with Crippen molar-refractivity contribution in [1.82, 2.24) is 4.31 Å². The van der Waals surface area contributed by atoms with Gasteiger partial charge in [-0.2, -0.15) is 4.31 Å². The van der Waals surface area contributed by atoms with Gasteiger partial charge in [-0.15, -0.1) is 0 Å². The maximum absolute atomic E-state index is 13.7. The van der Waals surface area contributed by atoms with Crippen LogP contribution in [-0.4, -0.2) is 44.2 Å². The molecule has 4 rings (SSSR count). The number of hydrogen-bond donors (Lipinski definition) is 0. The molecule has 0 aliphatic carbocycles. The van der Waals surface area contributed by atoms with Gasteiger partial charge in [-0.1, -0.05) is 30.3 Å². The lowest BCUT2D eigenvalue weighted by molar-refractivity contribution is -0.122. The summed E-state index contributed by atoms with van der Waals surface area (Å²) in [4.78, 5) is 27.4. The number of ether oxygens (including phenoxy) is 1. The van der Waals surface area contributed by atoms with Gasteiger partial charge in [0.1, 0.15) is 11.8 Å². The molecule has 1 aliphatic heterocycles. The average Bonchev–Trinajstić information content (AvgIpc) is 3.13. The van der Waals surface area contributed by atoms with Crippen LogP contribution in [0.2, 0.25) is 0 Å². The minimum atomic E-state index is -4.07. The smallest absolute Gasteiger partial charge is 0.252 e. The first kappa shape index (κ1) is 24.4. The summed E-state index contributed by atoms with van der Waals surface area (Å²) in [5, 5.41) is 0. The van der Waals surface area contributed by atoms with E-state index in [9.17, 15) is 18.0 Å². The summed E-state index contributed by atoms with van der Waals surface area (Å²) in [5.74, 6) is -0.450. The van der Waals surface area contributed by atoms with E-state index >= 15 is 0 Å². The Balaban J connectivity index is 1.69. The lowest BCUT2D eigenvalue weighted by Crippen LogP contribution is -2.46. The van der Waals surface area contributed by atoms with Crippen LogP contribution in [0.1, 0.15) is 12.0 Å². The Labute approximate surface area is 212 Å². The molecule has 1 heterocycles. The molecule has 7 nitrogen and oxygen atoms in total. The zero-order valence-corrected chi connectivity index (χ0v) is 21.4.